The van der Waals surface area contributed by atoms with Crippen LogP contribution in [0, 0.1) is 12.8 Å². The number of carbonyl (C=O) groups is 3. The fourth-order valence-electron chi connectivity index (χ4n) is 7.38. The molecule has 3 aliphatic rings. The Bertz CT molecular complexity index is 2280. The molecule has 1 saturated carbocycles. The molecule has 56 heavy (non-hydrogen) atoms. The number of methoxy groups -OCH3 is 1. The fraction of sp³-hybridized carbons (Fsp3) is 0.439. The van der Waals surface area contributed by atoms with Gasteiger partial charge in [0.2, 0.25) is 5.91 Å². The van der Waals surface area contributed by atoms with E-state index >= 15 is 0 Å². The Kier molecular flexibility index (Phi) is 11.2. The second kappa shape index (κ2) is 15.9. The first-order chi connectivity index (χ1) is 26.8. The average molecular weight is 802 g/mol. The topological polar surface area (TPSA) is 166 Å². The van der Waals surface area contributed by atoms with Gasteiger partial charge in [0.15, 0.2) is 0 Å². The van der Waals surface area contributed by atoms with Gasteiger partial charge in [-0.05, 0) is 69.7 Å². The highest BCUT2D eigenvalue weighted by Gasteiger charge is 2.61. The summed E-state index contributed by atoms with van der Waals surface area (Å²) >= 11 is 1.49. The van der Waals surface area contributed by atoms with Crippen molar-refractivity contribution < 1.29 is 37.0 Å². The first-order valence-electron chi connectivity index (χ1n) is 18.9. The van der Waals surface area contributed by atoms with Crippen LogP contribution in [0.4, 0.5) is 0 Å². The predicted molar refractivity (Wildman–Crippen MR) is 212 cm³/mol. The number of carbonyl (C=O) groups excluding carboxylic acids is 3. The molecule has 3 amide bonds. The van der Waals surface area contributed by atoms with Crippen molar-refractivity contribution in [3.05, 3.63) is 77.3 Å². The molecule has 2 aliphatic heterocycles. The zero-order chi connectivity index (χ0) is 39.8. The lowest BCUT2D eigenvalue weighted by molar-refractivity contribution is -0.147. The fourth-order valence-corrected chi connectivity index (χ4v) is 9.38. The van der Waals surface area contributed by atoms with Gasteiger partial charge in [-0.15, -0.1) is 11.3 Å². The minimum atomic E-state index is -4.23. The summed E-state index contributed by atoms with van der Waals surface area (Å²) in [5.41, 5.74) is 1.54. The minimum absolute atomic E-state index is 0.0680. The Hall–Kier alpha value is -4.86. The monoisotopic (exact) mass is 801 g/mol. The molecule has 2 N–H and O–H groups in total. The molecule has 1 aliphatic carbocycles. The molecule has 2 aromatic carbocycles. The molecule has 2 fully saturated rings. The van der Waals surface area contributed by atoms with E-state index in [9.17, 15) is 22.8 Å². The number of ether oxygens (including phenoxy) is 3. The van der Waals surface area contributed by atoms with Gasteiger partial charge >= 0.3 is 0 Å². The van der Waals surface area contributed by atoms with E-state index in [0.29, 0.717) is 42.2 Å². The minimum Gasteiger partial charge on any atom is -0.496 e. The van der Waals surface area contributed by atoms with Crippen molar-refractivity contribution >= 4 is 50.0 Å². The summed E-state index contributed by atoms with van der Waals surface area (Å²) in [4.78, 5) is 53.6. The number of aryl methyl sites for hydroxylation is 1. The van der Waals surface area contributed by atoms with Gasteiger partial charge in [0.25, 0.3) is 21.8 Å². The van der Waals surface area contributed by atoms with Crippen LogP contribution < -0.4 is 19.5 Å². The standard InChI is InChI=1S/C41H47N5O8S2/c1-24(2)32-23-55-38(43-32)31-20-35(30-16-17-34(52-5)25(3)36(30)42-31)54-28-19-33-37(47)44-41(40(49)45-56(50,51)29-14-10-8-11-15-29)21-27(41)13-9-6-7-12-18-53-26(4)39(48)46(33)22-28/h8-11,13-17,20,23-24,26-28,33H,6-7,12,18-19,21-22H2,1-5H3,(H,44,47)(H,45,49)/b13-9-/t26-,27-,28-,33+,41-/m1/s1. The molecule has 296 valence electrons. The first-order valence-corrected chi connectivity index (χ1v) is 21.3. The van der Waals surface area contributed by atoms with Crippen molar-refractivity contribution in [3.8, 4) is 22.2 Å². The molecule has 7 rings (SSSR count). The molecule has 0 unspecified atom stereocenters. The number of allylic oxidation sites excluding steroid dienone is 1. The van der Waals surface area contributed by atoms with E-state index in [1.54, 1.807) is 32.2 Å². The third kappa shape index (κ3) is 7.89. The number of amides is 3. The summed E-state index contributed by atoms with van der Waals surface area (Å²) in [6.45, 7) is 8.19. The second-order valence-corrected chi connectivity index (χ2v) is 17.5. The van der Waals surface area contributed by atoms with Crippen LogP contribution in [0.15, 0.2) is 71.0 Å². The summed E-state index contributed by atoms with van der Waals surface area (Å²) < 4.78 is 47.0. The lowest BCUT2D eigenvalue weighted by Crippen LogP contribution is -2.57. The van der Waals surface area contributed by atoms with Gasteiger partial charge in [-0.3, -0.25) is 14.4 Å². The van der Waals surface area contributed by atoms with Crippen LogP contribution in [0.3, 0.4) is 0 Å². The number of aromatic nitrogens is 2. The Morgan fingerprint density at radius 3 is 2.62 bits per heavy atom. The van der Waals surface area contributed by atoms with Crippen LogP contribution in [-0.2, 0) is 29.1 Å². The van der Waals surface area contributed by atoms with Gasteiger partial charge in [0, 0.05) is 41.3 Å². The number of nitrogens with one attached hydrogen (secondary N) is 2. The van der Waals surface area contributed by atoms with E-state index in [1.165, 1.54) is 28.4 Å². The lowest BCUT2D eigenvalue weighted by atomic mass is 10.1. The largest absolute Gasteiger partial charge is 0.496 e. The molecular weight excluding hydrogens is 755 g/mol. The highest BCUT2D eigenvalue weighted by atomic mass is 32.2. The smallest absolute Gasteiger partial charge is 0.264 e. The number of fused-ring (bicyclic) bond motifs is 3. The van der Waals surface area contributed by atoms with E-state index in [4.69, 9.17) is 24.2 Å². The molecule has 1 saturated heterocycles. The van der Waals surface area contributed by atoms with Crippen molar-refractivity contribution in [3.63, 3.8) is 0 Å². The molecule has 0 radical (unpaired) electrons. The highest BCUT2D eigenvalue weighted by molar-refractivity contribution is 7.90. The van der Waals surface area contributed by atoms with E-state index < -0.39 is 51.5 Å². The maximum atomic E-state index is 14.4. The van der Waals surface area contributed by atoms with Gasteiger partial charge in [0.05, 0.1) is 29.8 Å². The predicted octanol–water partition coefficient (Wildman–Crippen LogP) is 5.67. The zero-order valence-electron chi connectivity index (χ0n) is 32.1. The number of rotatable bonds is 8. The van der Waals surface area contributed by atoms with E-state index in [1.807, 2.05) is 42.7 Å². The zero-order valence-corrected chi connectivity index (χ0v) is 33.7. The third-order valence-corrected chi connectivity index (χ3v) is 13.0. The number of pyridine rings is 1. The Labute approximate surface area is 330 Å². The molecule has 2 aromatic heterocycles. The summed E-state index contributed by atoms with van der Waals surface area (Å²) in [7, 11) is -2.62. The summed E-state index contributed by atoms with van der Waals surface area (Å²) in [6, 6.07) is 12.1. The third-order valence-electron chi connectivity index (χ3n) is 10.7. The van der Waals surface area contributed by atoms with Crippen LogP contribution in [0.1, 0.15) is 70.1 Å². The van der Waals surface area contributed by atoms with Crippen molar-refractivity contribution in [1.29, 1.82) is 0 Å². The molecule has 15 heteroatoms. The quantitative estimate of drug-likeness (QED) is 0.212. The van der Waals surface area contributed by atoms with Crippen LogP contribution in [0.5, 0.6) is 11.5 Å². The first kappa shape index (κ1) is 39.4. The summed E-state index contributed by atoms with van der Waals surface area (Å²) in [5.74, 6) is -0.835. The van der Waals surface area contributed by atoms with Gasteiger partial charge in [-0.1, -0.05) is 44.2 Å². The maximum Gasteiger partial charge on any atom is 0.264 e. The summed E-state index contributed by atoms with van der Waals surface area (Å²) in [5, 5.41) is 6.38. The number of hydrogen-bond donors (Lipinski definition) is 2. The molecule has 4 heterocycles. The Morgan fingerprint density at radius 1 is 1.11 bits per heavy atom. The number of thiazole rings is 1. The van der Waals surface area contributed by atoms with Crippen LogP contribution >= 0.6 is 11.3 Å². The molecule has 4 aromatic rings. The maximum absolute atomic E-state index is 14.4. The number of nitrogens with zero attached hydrogens (tertiary/aromatic N) is 3. The van der Waals surface area contributed by atoms with Crippen molar-refractivity contribution in [1.82, 2.24) is 24.9 Å². The van der Waals surface area contributed by atoms with Gasteiger partial charge in [-0.25, -0.2) is 23.1 Å². The second-order valence-electron chi connectivity index (χ2n) is 15.0. The lowest BCUT2D eigenvalue weighted by Gasteiger charge is -2.28. The number of sulfonamides is 1. The van der Waals surface area contributed by atoms with Crippen molar-refractivity contribution in [2.24, 2.45) is 5.92 Å². The van der Waals surface area contributed by atoms with Gasteiger partial charge < -0.3 is 24.4 Å². The normalized spacial score (nSPS) is 25.1. The molecule has 0 spiro atoms. The van der Waals surface area contributed by atoms with Gasteiger partial charge in [-0.2, -0.15) is 0 Å². The Morgan fingerprint density at radius 2 is 1.89 bits per heavy atom. The Balaban J connectivity index is 1.21. The van der Waals surface area contributed by atoms with E-state index in [-0.39, 0.29) is 36.1 Å². The SMILES string of the molecule is COc1ccc2c(O[C@@H]3C[C@H]4C(=O)N[C@]5(C(=O)NS(=O)(=O)c6ccccc6)C[C@H]5/C=C\CCCCO[C@H](C)C(=O)N4C3)cc(-c3nc(C(C)C)cs3)nc2c1C. The van der Waals surface area contributed by atoms with Gasteiger partial charge in [0.1, 0.15) is 46.0 Å². The molecular formula is C41H47N5O8S2. The van der Waals surface area contributed by atoms with Crippen LogP contribution in [0.25, 0.3) is 21.6 Å². The molecule has 5 atom stereocenters. The van der Waals surface area contributed by atoms with E-state index in [2.05, 4.69) is 23.9 Å². The molecule has 0 bridgehead atoms. The number of hydrogen-bond acceptors (Lipinski definition) is 11. The van der Waals surface area contributed by atoms with Crippen LogP contribution in [-0.4, -0.2) is 85.1 Å². The number of benzene rings is 2. The van der Waals surface area contributed by atoms with E-state index in [0.717, 1.165) is 28.1 Å². The van der Waals surface area contributed by atoms with Crippen LogP contribution in [0.2, 0.25) is 0 Å². The van der Waals surface area contributed by atoms with Crippen molar-refractivity contribution in [2.75, 3.05) is 20.3 Å². The average Bonchev–Trinajstić information content (AvgIpc) is 3.47. The highest BCUT2D eigenvalue weighted by Crippen LogP contribution is 2.46. The summed E-state index contributed by atoms with van der Waals surface area (Å²) in [6.07, 6.45) is 4.82. The molecule has 13 nitrogen and oxygen atoms in total. The van der Waals surface area contributed by atoms with Crippen molar-refractivity contribution in [2.45, 2.75) is 94.4 Å².